The van der Waals surface area contributed by atoms with Crippen LogP contribution in [0.25, 0.3) is 0 Å². The summed E-state index contributed by atoms with van der Waals surface area (Å²) in [6.45, 7) is -1.19. The van der Waals surface area contributed by atoms with Crippen LogP contribution < -0.4 is 0 Å². The molecule has 0 heterocycles. The molecule has 0 bridgehead atoms. The minimum absolute atomic E-state index is 0.0278. The molecule has 0 rings (SSSR count). The number of rotatable bonds is 9. The van der Waals surface area contributed by atoms with Gasteiger partial charge in [0.1, 0.15) is 0 Å². The minimum atomic E-state index is -2.63. The molecule has 0 aromatic carbocycles. The Morgan fingerprint density at radius 2 is 1.76 bits per heavy atom. The largest absolute Gasteiger partial charge is 0.481 e. The van der Waals surface area contributed by atoms with E-state index < -0.39 is 24.8 Å². The maximum atomic E-state index is 12.1. The molecule has 7 heteroatoms. The fraction of sp³-hybridized carbons (Fsp3) is 0.800. The van der Waals surface area contributed by atoms with Gasteiger partial charge < -0.3 is 15.1 Å². The zero-order valence-corrected chi connectivity index (χ0v) is 9.44. The van der Waals surface area contributed by atoms with Crippen molar-refractivity contribution in [2.45, 2.75) is 32.1 Å². The molecule has 0 saturated heterocycles. The zero-order valence-electron chi connectivity index (χ0n) is 9.44. The van der Waals surface area contributed by atoms with Gasteiger partial charge in [-0.1, -0.05) is 0 Å². The number of unbranched alkanes of at least 4 members (excludes halogenated alkanes) is 1. The highest BCUT2D eigenvalue weighted by molar-refractivity contribution is 5.76. The standard InChI is InChI=1S/C10H17F2NO4/c11-8(12)7-13(5-6-14)9(15)3-1-2-4-10(16)17/h8,14H,1-7H2,(H,16,17). The van der Waals surface area contributed by atoms with Gasteiger partial charge in [-0.15, -0.1) is 0 Å². The lowest BCUT2D eigenvalue weighted by Gasteiger charge is -2.21. The molecule has 0 atom stereocenters. The lowest BCUT2D eigenvalue weighted by Crippen LogP contribution is -2.37. The third-order valence-electron chi connectivity index (χ3n) is 2.11. The molecule has 17 heavy (non-hydrogen) atoms. The molecule has 0 spiro atoms. The Hall–Kier alpha value is -1.24. The summed E-state index contributed by atoms with van der Waals surface area (Å²) >= 11 is 0. The van der Waals surface area contributed by atoms with Crippen LogP contribution in [-0.4, -0.2) is 53.1 Å². The first-order valence-corrected chi connectivity index (χ1v) is 5.36. The first-order valence-electron chi connectivity index (χ1n) is 5.36. The summed E-state index contributed by atoms with van der Waals surface area (Å²) < 4.78 is 24.2. The van der Waals surface area contributed by atoms with Crippen molar-refractivity contribution in [3.05, 3.63) is 0 Å². The molecule has 1 amide bonds. The number of alkyl halides is 2. The quantitative estimate of drug-likeness (QED) is 0.593. The molecule has 0 radical (unpaired) electrons. The Kier molecular flexibility index (Phi) is 8.21. The molecule has 0 aliphatic carbocycles. The number of halogens is 2. The van der Waals surface area contributed by atoms with Gasteiger partial charge in [-0.3, -0.25) is 9.59 Å². The van der Waals surface area contributed by atoms with Crippen molar-refractivity contribution in [2.24, 2.45) is 0 Å². The van der Waals surface area contributed by atoms with E-state index in [0.29, 0.717) is 12.8 Å². The molecule has 0 aromatic rings. The van der Waals surface area contributed by atoms with Crippen molar-refractivity contribution in [3.63, 3.8) is 0 Å². The fourth-order valence-corrected chi connectivity index (χ4v) is 1.32. The summed E-state index contributed by atoms with van der Waals surface area (Å²) in [5.41, 5.74) is 0. The Morgan fingerprint density at radius 1 is 1.18 bits per heavy atom. The van der Waals surface area contributed by atoms with Gasteiger partial charge in [0.15, 0.2) is 0 Å². The lowest BCUT2D eigenvalue weighted by atomic mass is 10.2. The molecule has 0 aromatic heterocycles. The predicted molar refractivity (Wildman–Crippen MR) is 55.8 cm³/mol. The van der Waals surface area contributed by atoms with E-state index in [-0.39, 0.29) is 26.0 Å². The lowest BCUT2D eigenvalue weighted by molar-refractivity contribution is -0.138. The van der Waals surface area contributed by atoms with E-state index in [1.54, 1.807) is 0 Å². The Bertz CT molecular complexity index is 248. The number of carboxylic acid groups (broad SMARTS) is 1. The summed E-state index contributed by atoms with van der Waals surface area (Å²) in [5, 5.41) is 17.0. The molecule has 0 aliphatic rings. The van der Waals surface area contributed by atoms with Gasteiger partial charge in [-0.25, -0.2) is 8.78 Å². The molecule has 0 aliphatic heterocycles. The maximum Gasteiger partial charge on any atom is 0.303 e. The number of hydrogen-bond acceptors (Lipinski definition) is 3. The Balaban J connectivity index is 3.92. The Morgan fingerprint density at radius 3 is 2.24 bits per heavy atom. The average Bonchev–Trinajstić information content (AvgIpc) is 2.22. The molecule has 0 saturated carbocycles. The third-order valence-corrected chi connectivity index (χ3v) is 2.11. The molecular formula is C10H17F2NO4. The molecule has 2 N–H and O–H groups in total. The average molecular weight is 253 g/mol. The van der Waals surface area contributed by atoms with Gasteiger partial charge in [-0.2, -0.15) is 0 Å². The maximum absolute atomic E-state index is 12.1. The Labute approximate surface area is 98.0 Å². The second kappa shape index (κ2) is 8.86. The summed E-state index contributed by atoms with van der Waals surface area (Å²) in [6.07, 6.45) is -1.97. The van der Waals surface area contributed by atoms with Crippen LogP contribution in [0, 0.1) is 0 Å². The molecular weight excluding hydrogens is 236 g/mol. The van der Waals surface area contributed by atoms with E-state index in [1.807, 2.05) is 0 Å². The summed E-state index contributed by atoms with van der Waals surface area (Å²) in [5.74, 6) is -1.43. The second-order valence-corrected chi connectivity index (χ2v) is 3.56. The zero-order chi connectivity index (χ0) is 13.3. The van der Waals surface area contributed by atoms with Gasteiger partial charge in [0.05, 0.1) is 13.2 Å². The van der Waals surface area contributed by atoms with Crippen molar-refractivity contribution >= 4 is 11.9 Å². The van der Waals surface area contributed by atoms with Crippen molar-refractivity contribution < 1.29 is 28.6 Å². The van der Waals surface area contributed by atoms with Gasteiger partial charge in [0.2, 0.25) is 5.91 Å². The van der Waals surface area contributed by atoms with Crippen molar-refractivity contribution in [1.29, 1.82) is 0 Å². The number of carboxylic acids is 1. The van der Waals surface area contributed by atoms with E-state index in [9.17, 15) is 18.4 Å². The minimum Gasteiger partial charge on any atom is -0.481 e. The highest BCUT2D eigenvalue weighted by atomic mass is 19.3. The molecule has 0 unspecified atom stereocenters. The number of carbonyl (C=O) groups is 2. The number of amides is 1. The fourth-order valence-electron chi connectivity index (χ4n) is 1.32. The predicted octanol–water partition coefficient (Wildman–Crippen LogP) is 0.717. The SMILES string of the molecule is O=C(O)CCCCC(=O)N(CCO)CC(F)F. The monoisotopic (exact) mass is 253 g/mol. The number of aliphatic carboxylic acids is 1. The van der Waals surface area contributed by atoms with Crippen LogP contribution in [0.5, 0.6) is 0 Å². The highest BCUT2D eigenvalue weighted by Gasteiger charge is 2.17. The second-order valence-electron chi connectivity index (χ2n) is 3.56. The number of aliphatic hydroxyl groups is 1. The number of hydrogen-bond donors (Lipinski definition) is 2. The van der Waals surface area contributed by atoms with Gasteiger partial charge in [-0.05, 0) is 12.8 Å². The number of nitrogens with zero attached hydrogens (tertiary/aromatic N) is 1. The van der Waals surface area contributed by atoms with Crippen LogP contribution in [0.1, 0.15) is 25.7 Å². The van der Waals surface area contributed by atoms with E-state index in [2.05, 4.69) is 0 Å². The van der Waals surface area contributed by atoms with Crippen LogP contribution in [-0.2, 0) is 9.59 Å². The van der Waals surface area contributed by atoms with Gasteiger partial charge in [0, 0.05) is 19.4 Å². The van der Waals surface area contributed by atoms with E-state index in [4.69, 9.17) is 10.2 Å². The van der Waals surface area contributed by atoms with Crippen molar-refractivity contribution in [3.8, 4) is 0 Å². The van der Waals surface area contributed by atoms with Crippen LogP contribution in [0.2, 0.25) is 0 Å². The number of carbonyl (C=O) groups excluding carboxylic acids is 1. The van der Waals surface area contributed by atoms with Crippen LogP contribution in [0.15, 0.2) is 0 Å². The van der Waals surface area contributed by atoms with Crippen molar-refractivity contribution in [1.82, 2.24) is 4.90 Å². The van der Waals surface area contributed by atoms with E-state index >= 15 is 0 Å². The number of aliphatic hydroxyl groups excluding tert-OH is 1. The third kappa shape index (κ3) is 8.56. The van der Waals surface area contributed by atoms with Gasteiger partial charge in [0.25, 0.3) is 6.43 Å². The topological polar surface area (TPSA) is 77.8 Å². The first kappa shape index (κ1) is 15.8. The smallest absolute Gasteiger partial charge is 0.303 e. The van der Waals surface area contributed by atoms with Gasteiger partial charge >= 0.3 is 5.97 Å². The summed E-state index contributed by atoms with van der Waals surface area (Å²) in [6, 6.07) is 0. The van der Waals surface area contributed by atoms with E-state index in [1.165, 1.54) is 0 Å². The molecule has 100 valence electrons. The van der Waals surface area contributed by atoms with E-state index in [0.717, 1.165) is 4.90 Å². The van der Waals surface area contributed by atoms with Crippen LogP contribution in [0.3, 0.4) is 0 Å². The summed E-state index contributed by atoms with van der Waals surface area (Å²) in [7, 11) is 0. The molecule has 0 fully saturated rings. The van der Waals surface area contributed by atoms with Crippen LogP contribution in [0.4, 0.5) is 8.78 Å². The normalized spacial score (nSPS) is 10.6. The molecule has 5 nitrogen and oxygen atoms in total. The van der Waals surface area contributed by atoms with Crippen molar-refractivity contribution in [2.75, 3.05) is 19.7 Å². The van der Waals surface area contributed by atoms with Crippen LogP contribution >= 0.6 is 0 Å². The first-order chi connectivity index (χ1) is 7.97. The summed E-state index contributed by atoms with van der Waals surface area (Å²) in [4.78, 5) is 22.5. The highest BCUT2D eigenvalue weighted by Crippen LogP contribution is 2.06.